The number of carboxylic acids is 1. The molecule has 0 atom stereocenters. The highest BCUT2D eigenvalue weighted by molar-refractivity contribution is 7.13. The standard InChI is InChI=1S/C10H13N3O3S/c1-3-4-13(5-8(14)15)10(16)12-9-11-7(2)6-17-9/h3,6H,1,4-5H2,2H3,(H,14,15)(H,11,12,16). The molecule has 1 rings (SSSR count). The first-order valence-electron chi connectivity index (χ1n) is 4.83. The Morgan fingerprint density at radius 2 is 2.41 bits per heavy atom. The summed E-state index contributed by atoms with van der Waals surface area (Å²) in [6, 6.07) is -0.498. The molecule has 7 heteroatoms. The molecule has 2 amide bonds. The molecule has 0 aliphatic rings. The van der Waals surface area contributed by atoms with Crippen LogP contribution in [0.2, 0.25) is 0 Å². The van der Waals surface area contributed by atoms with Gasteiger partial charge in [-0.1, -0.05) is 6.08 Å². The molecule has 0 fully saturated rings. The van der Waals surface area contributed by atoms with Crippen molar-refractivity contribution in [1.82, 2.24) is 9.88 Å². The number of amides is 2. The molecule has 1 heterocycles. The second-order valence-electron chi connectivity index (χ2n) is 3.29. The summed E-state index contributed by atoms with van der Waals surface area (Å²) in [6.07, 6.45) is 1.47. The zero-order chi connectivity index (χ0) is 12.8. The SMILES string of the molecule is C=CCN(CC(=O)O)C(=O)Nc1nc(C)cs1. The van der Waals surface area contributed by atoms with Gasteiger partial charge in [-0.2, -0.15) is 0 Å². The van der Waals surface area contributed by atoms with Gasteiger partial charge in [-0.05, 0) is 6.92 Å². The van der Waals surface area contributed by atoms with Crippen LogP contribution < -0.4 is 5.32 Å². The van der Waals surface area contributed by atoms with E-state index >= 15 is 0 Å². The maximum Gasteiger partial charge on any atom is 0.324 e. The Morgan fingerprint density at radius 1 is 1.71 bits per heavy atom. The predicted octanol–water partition coefficient (Wildman–Crippen LogP) is 1.56. The average Bonchev–Trinajstić information content (AvgIpc) is 2.62. The summed E-state index contributed by atoms with van der Waals surface area (Å²) < 4.78 is 0. The lowest BCUT2D eigenvalue weighted by Gasteiger charge is -2.18. The number of urea groups is 1. The topological polar surface area (TPSA) is 82.5 Å². The number of carbonyl (C=O) groups excluding carboxylic acids is 1. The van der Waals surface area contributed by atoms with Gasteiger partial charge in [-0.3, -0.25) is 10.1 Å². The van der Waals surface area contributed by atoms with Crippen LogP contribution in [0.1, 0.15) is 5.69 Å². The number of aromatic nitrogens is 1. The van der Waals surface area contributed by atoms with Crippen LogP contribution in [0.3, 0.4) is 0 Å². The Labute approximate surface area is 103 Å². The van der Waals surface area contributed by atoms with E-state index in [2.05, 4.69) is 16.9 Å². The van der Waals surface area contributed by atoms with Crippen molar-refractivity contribution in [1.29, 1.82) is 0 Å². The Balaban J connectivity index is 2.64. The first-order valence-corrected chi connectivity index (χ1v) is 5.71. The zero-order valence-corrected chi connectivity index (χ0v) is 10.2. The van der Waals surface area contributed by atoms with E-state index in [-0.39, 0.29) is 13.1 Å². The number of aliphatic carboxylic acids is 1. The van der Waals surface area contributed by atoms with E-state index in [1.165, 1.54) is 17.4 Å². The monoisotopic (exact) mass is 255 g/mol. The molecule has 1 aromatic heterocycles. The molecule has 0 spiro atoms. The van der Waals surface area contributed by atoms with Crippen LogP contribution in [-0.2, 0) is 4.79 Å². The third-order valence-electron chi connectivity index (χ3n) is 1.80. The summed E-state index contributed by atoms with van der Waals surface area (Å²) in [5.41, 5.74) is 0.804. The van der Waals surface area contributed by atoms with Gasteiger partial charge in [-0.15, -0.1) is 17.9 Å². The lowest BCUT2D eigenvalue weighted by atomic mass is 10.5. The molecule has 0 saturated carbocycles. The summed E-state index contributed by atoms with van der Waals surface area (Å²) in [4.78, 5) is 27.5. The number of aryl methyl sites for hydroxylation is 1. The molecular weight excluding hydrogens is 242 g/mol. The number of hydrogen-bond acceptors (Lipinski definition) is 4. The van der Waals surface area contributed by atoms with E-state index < -0.39 is 12.0 Å². The molecule has 0 saturated heterocycles. The van der Waals surface area contributed by atoms with Crippen molar-refractivity contribution in [2.24, 2.45) is 0 Å². The van der Waals surface area contributed by atoms with E-state index in [0.29, 0.717) is 5.13 Å². The largest absolute Gasteiger partial charge is 0.480 e. The smallest absolute Gasteiger partial charge is 0.324 e. The number of carbonyl (C=O) groups is 2. The molecule has 17 heavy (non-hydrogen) atoms. The molecule has 0 aliphatic heterocycles. The average molecular weight is 255 g/mol. The second-order valence-corrected chi connectivity index (χ2v) is 4.15. The molecule has 1 aromatic rings. The van der Waals surface area contributed by atoms with E-state index in [4.69, 9.17) is 5.11 Å². The van der Waals surface area contributed by atoms with Crippen LogP contribution in [0, 0.1) is 6.92 Å². The molecule has 0 aliphatic carbocycles. The molecule has 0 unspecified atom stereocenters. The Morgan fingerprint density at radius 3 is 2.88 bits per heavy atom. The van der Waals surface area contributed by atoms with Gasteiger partial charge in [-0.25, -0.2) is 9.78 Å². The highest BCUT2D eigenvalue weighted by Gasteiger charge is 2.16. The third kappa shape index (κ3) is 4.23. The minimum absolute atomic E-state index is 0.169. The molecular formula is C10H13N3O3S. The van der Waals surface area contributed by atoms with Gasteiger partial charge in [0, 0.05) is 11.9 Å². The minimum atomic E-state index is -1.07. The van der Waals surface area contributed by atoms with Crippen LogP contribution in [0.25, 0.3) is 0 Å². The second kappa shape index (κ2) is 6.00. The summed E-state index contributed by atoms with van der Waals surface area (Å²) >= 11 is 1.29. The fourth-order valence-corrected chi connectivity index (χ4v) is 1.80. The normalized spacial score (nSPS) is 9.71. The maximum atomic E-state index is 11.7. The number of rotatable bonds is 5. The van der Waals surface area contributed by atoms with Gasteiger partial charge < -0.3 is 10.0 Å². The van der Waals surface area contributed by atoms with Crippen molar-refractivity contribution in [3.05, 3.63) is 23.7 Å². The van der Waals surface area contributed by atoms with E-state index in [1.807, 2.05) is 6.92 Å². The molecule has 92 valence electrons. The summed E-state index contributed by atoms with van der Waals surface area (Å²) in [5.74, 6) is -1.07. The molecule has 6 nitrogen and oxygen atoms in total. The number of carboxylic acid groups (broad SMARTS) is 1. The first-order chi connectivity index (χ1) is 8.02. The quantitative estimate of drug-likeness (QED) is 0.782. The van der Waals surface area contributed by atoms with Crippen molar-refractivity contribution in [2.75, 3.05) is 18.4 Å². The van der Waals surface area contributed by atoms with Gasteiger partial charge >= 0.3 is 12.0 Å². The van der Waals surface area contributed by atoms with Crippen molar-refractivity contribution < 1.29 is 14.7 Å². The van der Waals surface area contributed by atoms with Gasteiger partial charge in [0.1, 0.15) is 6.54 Å². The number of anilines is 1. The van der Waals surface area contributed by atoms with Gasteiger partial charge in [0.15, 0.2) is 5.13 Å². The molecule has 0 aromatic carbocycles. The van der Waals surface area contributed by atoms with Crippen LogP contribution in [-0.4, -0.2) is 40.1 Å². The van der Waals surface area contributed by atoms with Crippen LogP contribution >= 0.6 is 11.3 Å². The van der Waals surface area contributed by atoms with Crippen molar-refractivity contribution in [3.8, 4) is 0 Å². The van der Waals surface area contributed by atoms with Gasteiger partial charge in [0.2, 0.25) is 0 Å². The number of thiazole rings is 1. The molecule has 0 bridgehead atoms. The van der Waals surface area contributed by atoms with Crippen molar-refractivity contribution >= 4 is 28.5 Å². The first kappa shape index (κ1) is 13.2. The van der Waals surface area contributed by atoms with E-state index in [9.17, 15) is 9.59 Å². The molecule has 0 radical (unpaired) electrons. The number of nitrogens with zero attached hydrogens (tertiary/aromatic N) is 2. The Hall–Kier alpha value is -1.89. The predicted molar refractivity (Wildman–Crippen MR) is 65.3 cm³/mol. The van der Waals surface area contributed by atoms with Crippen molar-refractivity contribution in [3.63, 3.8) is 0 Å². The van der Waals surface area contributed by atoms with E-state index in [1.54, 1.807) is 5.38 Å². The summed E-state index contributed by atoms with van der Waals surface area (Å²) in [7, 11) is 0. The summed E-state index contributed by atoms with van der Waals surface area (Å²) in [5, 5.41) is 13.4. The Kier molecular flexibility index (Phi) is 4.65. The fourth-order valence-electron chi connectivity index (χ4n) is 1.12. The lowest BCUT2D eigenvalue weighted by Crippen LogP contribution is -2.38. The third-order valence-corrected chi connectivity index (χ3v) is 2.67. The van der Waals surface area contributed by atoms with Crippen LogP contribution in [0.4, 0.5) is 9.93 Å². The van der Waals surface area contributed by atoms with Gasteiger partial charge in [0.25, 0.3) is 0 Å². The lowest BCUT2D eigenvalue weighted by molar-refractivity contribution is -0.137. The highest BCUT2D eigenvalue weighted by Crippen LogP contribution is 2.14. The van der Waals surface area contributed by atoms with Crippen LogP contribution in [0.5, 0.6) is 0 Å². The summed E-state index contributed by atoms with van der Waals surface area (Å²) in [6.45, 7) is 5.08. The minimum Gasteiger partial charge on any atom is -0.480 e. The molecule has 2 N–H and O–H groups in total. The zero-order valence-electron chi connectivity index (χ0n) is 9.34. The highest BCUT2D eigenvalue weighted by atomic mass is 32.1. The van der Waals surface area contributed by atoms with E-state index in [0.717, 1.165) is 10.6 Å². The van der Waals surface area contributed by atoms with Crippen molar-refractivity contribution in [2.45, 2.75) is 6.92 Å². The van der Waals surface area contributed by atoms with Crippen LogP contribution in [0.15, 0.2) is 18.0 Å². The number of hydrogen-bond donors (Lipinski definition) is 2. The fraction of sp³-hybridized carbons (Fsp3) is 0.300. The van der Waals surface area contributed by atoms with Gasteiger partial charge in [0.05, 0.1) is 5.69 Å². The maximum absolute atomic E-state index is 11.7. The number of nitrogens with one attached hydrogen (secondary N) is 1. The Bertz CT molecular complexity index is 430.